The van der Waals surface area contributed by atoms with Gasteiger partial charge in [-0.25, -0.2) is 15.0 Å². The van der Waals surface area contributed by atoms with Crippen LogP contribution in [-0.4, -0.2) is 40.4 Å². The summed E-state index contributed by atoms with van der Waals surface area (Å²) in [6.07, 6.45) is 6.06. The van der Waals surface area contributed by atoms with Gasteiger partial charge in [-0.3, -0.25) is 4.79 Å². The van der Waals surface area contributed by atoms with Crippen molar-refractivity contribution in [1.82, 2.24) is 9.88 Å². The monoisotopic (exact) mass is 458 g/mol. The molecule has 33 heavy (non-hydrogen) atoms. The first-order valence-corrected chi connectivity index (χ1v) is 12.6. The van der Waals surface area contributed by atoms with Crippen molar-refractivity contribution in [3.05, 3.63) is 63.4 Å². The first kappa shape index (κ1) is 22.0. The highest BCUT2D eigenvalue weighted by molar-refractivity contribution is 7.15. The molecule has 2 heterocycles. The van der Waals surface area contributed by atoms with Gasteiger partial charge in [-0.1, -0.05) is 35.4 Å². The molecule has 0 N–H and O–H groups in total. The van der Waals surface area contributed by atoms with Crippen molar-refractivity contribution in [2.24, 2.45) is 15.9 Å². The molecule has 2 aliphatic carbocycles. The molecule has 0 radical (unpaired) electrons. The summed E-state index contributed by atoms with van der Waals surface area (Å²) in [6, 6.07) is 8.32. The van der Waals surface area contributed by atoms with Gasteiger partial charge in [-0.15, -0.1) is 11.3 Å². The van der Waals surface area contributed by atoms with Gasteiger partial charge in [0.05, 0.1) is 21.3 Å². The number of hydrogen-bond acceptors (Lipinski definition) is 5. The van der Waals surface area contributed by atoms with Crippen molar-refractivity contribution in [1.29, 1.82) is 0 Å². The van der Waals surface area contributed by atoms with Gasteiger partial charge >= 0.3 is 0 Å². The second-order valence-electron chi connectivity index (χ2n) is 9.48. The van der Waals surface area contributed by atoms with Gasteiger partial charge in [0.25, 0.3) is 5.91 Å². The predicted octanol–water partition coefficient (Wildman–Crippen LogP) is 6.15. The molecule has 1 fully saturated rings. The SMILES string of the molecule is CC1=C(C)CC2=NC(CCN(CC3CC3)C(=O)c3nc(C)sc3-c3cccc(C)c3)=NC2=C1. The predicted molar refractivity (Wildman–Crippen MR) is 136 cm³/mol. The van der Waals surface area contributed by atoms with Gasteiger partial charge in [0.1, 0.15) is 11.5 Å². The van der Waals surface area contributed by atoms with Crippen molar-refractivity contribution in [3.8, 4) is 10.4 Å². The number of allylic oxidation sites excluding steroid dienone is 4. The molecule has 1 aliphatic heterocycles. The fraction of sp³-hybridized carbons (Fsp3) is 0.407. The third kappa shape index (κ3) is 4.76. The highest BCUT2D eigenvalue weighted by atomic mass is 32.1. The first-order chi connectivity index (χ1) is 15.9. The standard InChI is InChI=1S/C27H30N4OS/c1-16-6-5-7-21(12-16)26-25(28-19(4)33-26)27(32)31(15-20-8-9-20)11-10-24-29-22-13-17(2)18(3)14-23(22)30-24/h5-7,12-13,20H,8-11,14-15H2,1-4H3. The molecule has 0 spiro atoms. The quantitative estimate of drug-likeness (QED) is 0.500. The zero-order valence-corrected chi connectivity index (χ0v) is 20.6. The highest BCUT2D eigenvalue weighted by Crippen LogP contribution is 2.34. The van der Waals surface area contributed by atoms with Gasteiger partial charge < -0.3 is 4.90 Å². The van der Waals surface area contributed by atoms with Crippen molar-refractivity contribution in [3.63, 3.8) is 0 Å². The van der Waals surface area contributed by atoms with E-state index in [4.69, 9.17) is 9.98 Å². The van der Waals surface area contributed by atoms with E-state index < -0.39 is 0 Å². The number of rotatable bonds is 7. The van der Waals surface area contributed by atoms with Crippen molar-refractivity contribution < 1.29 is 4.79 Å². The molecular formula is C27H30N4OS. The third-order valence-electron chi connectivity index (χ3n) is 6.55. The Balaban J connectivity index is 1.36. The Morgan fingerprint density at radius 2 is 1.97 bits per heavy atom. The van der Waals surface area contributed by atoms with Crippen LogP contribution in [0.15, 0.2) is 57.2 Å². The van der Waals surface area contributed by atoms with E-state index in [9.17, 15) is 4.79 Å². The number of carbonyl (C=O) groups excluding carboxylic acids is 1. The fourth-order valence-corrected chi connectivity index (χ4v) is 5.25. The van der Waals surface area contributed by atoms with Gasteiger partial charge in [-0.2, -0.15) is 0 Å². The maximum absolute atomic E-state index is 13.7. The number of aromatic nitrogens is 1. The summed E-state index contributed by atoms with van der Waals surface area (Å²) in [5, 5.41) is 0.919. The smallest absolute Gasteiger partial charge is 0.274 e. The molecule has 1 aromatic carbocycles. The Morgan fingerprint density at radius 1 is 1.15 bits per heavy atom. The number of hydrogen-bond donors (Lipinski definition) is 0. The number of fused-ring (bicyclic) bond motifs is 1. The molecule has 5 rings (SSSR count). The summed E-state index contributed by atoms with van der Waals surface area (Å²) < 4.78 is 0. The normalized spacial score (nSPS) is 17.5. The second-order valence-corrected chi connectivity index (χ2v) is 10.7. The molecule has 3 aliphatic rings. The topological polar surface area (TPSA) is 57.9 Å². The van der Waals surface area contributed by atoms with E-state index in [1.165, 1.54) is 29.6 Å². The molecule has 0 unspecified atom stereocenters. The molecule has 0 saturated heterocycles. The van der Waals surface area contributed by atoms with Crippen LogP contribution in [0.3, 0.4) is 0 Å². The van der Waals surface area contributed by atoms with E-state index in [1.54, 1.807) is 11.3 Å². The average molecular weight is 459 g/mol. The van der Waals surface area contributed by atoms with Crippen LogP contribution in [0.2, 0.25) is 0 Å². The molecule has 170 valence electrons. The van der Waals surface area contributed by atoms with Gasteiger partial charge in [0.2, 0.25) is 0 Å². The summed E-state index contributed by atoms with van der Waals surface area (Å²) in [5.41, 5.74) is 7.51. The number of aryl methyl sites for hydroxylation is 2. The minimum atomic E-state index is 0.0268. The lowest BCUT2D eigenvalue weighted by molar-refractivity contribution is 0.0748. The van der Waals surface area contributed by atoms with Crippen LogP contribution in [0.5, 0.6) is 0 Å². The Morgan fingerprint density at radius 3 is 2.73 bits per heavy atom. The number of thiazole rings is 1. The van der Waals surface area contributed by atoms with Crippen LogP contribution in [-0.2, 0) is 0 Å². The van der Waals surface area contributed by atoms with Crippen molar-refractivity contribution >= 4 is 28.8 Å². The van der Waals surface area contributed by atoms with E-state index in [1.807, 2.05) is 17.9 Å². The minimum absolute atomic E-state index is 0.0268. The number of benzene rings is 1. The molecule has 1 aromatic heterocycles. The van der Waals surface area contributed by atoms with E-state index in [-0.39, 0.29) is 5.91 Å². The molecule has 6 heteroatoms. The van der Waals surface area contributed by atoms with E-state index >= 15 is 0 Å². The van der Waals surface area contributed by atoms with Gasteiger partial charge in [0, 0.05) is 25.9 Å². The van der Waals surface area contributed by atoms with Crippen LogP contribution >= 0.6 is 11.3 Å². The van der Waals surface area contributed by atoms with Gasteiger partial charge in [-0.05, 0) is 63.7 Å². The molecular weight excluding hydrogens is 428 g/mol. The first-order valence-electron chi connectivity index (χ1n) is 11.7. The van der Waals surface area contributed by atoms with E-state index in [2.05, 4.69) is 50.0 Å². The zero-order chi connectivity index (χ0) is 23.1. The Kier molecular flexibility index (Phi) is 5.87. The lowest BCUT2D eigenvalue weighted by atomic mass is 9.97. The maximum Gasteiger partial charge on any atom is 0.274 e. The third-order valence-corrected chi connectivity index (χ3v) is 7.57. The Labute approximate surface area is 199 Å². The Hall–Kier alpha value is -2.86. The average Bonchev–Trinajstić information content (AvgIpc) is 3.39. The maximum atomic E-state index is 13.7. The summed E-state index contributed by atoms with van der Waals surface area (Å²) in [6.45, 7) is 9.74. The molecule has 2 aromatic rings. The highest BCUT2D eigenvalue weighted by Gasteiger charge is 2.30. The summed E-state index contributed by atoms with van der Waals surface area (Å²) in [4.78, 5) is 30.9. The minimum Gasteiger partial charge on any atom is -0.337 e. The van der Waals surface area contributed by atoms with Gasteiger partial charge in [0.15, 0.2) is 0 Å². The second kappa shape index (κ2) is 8.82. The number of amides is 1. The van der Waals surface area contributed by atoms with E-state index in [0.29, 0.717) is 24.6 Å². The van der Waals surface area contributed by atoms with Crippen LogP contribution in [0.25, 0.3) is 10.4 Å². The van der Waals surface area contributed by atoms with E-state index in [0.717, 1.165) is 45.7 Å². The molecule has 1 amide bonds. The molecule has 0 atom stereocenters. The largest absolute Gasteiger partial charge is 0.337 e. The van der Waals surface area contributed by atoms with Crippen molar-refractivity contribution in [2.45, 2.75) is 53.4 Å². The lowest BCUT2D eigenvalue weighted by Gasteiger charge is -2.22. The van der Waals surface area contributed by atoms with Crippen LogP contribution in [0.1, 0.15) is 60.6 Å². The van der Waals surface area contributed by atoms with Crippen LogP contribution < -0.4 is 0 Å². The van der Waals surface area contributed by atoms with Crippen LogP contribution in [0.4, 0.5) is 0 Å². The number of amidine groups is 1. The number of carbonyl (C=O) groups is 1. The summed E-state index contributed by atoms with van der Waals surface area (Å²) in [7, 11) is 0. The molecule has 0 bridgehead atoms. The summed E-state index contributed by atoms with van der Waals surface area (Å²) in [5.74, 6) is 1.47. The summed E-state index contributed by atoms with van der Waals surface area (Å²) >= 11 is 1.60. The lowest BCUT2D eigenvalue weighted by Crippen LogP contribution is -2.35. The molecule has 5 nitrogen and oxygen atoms in total. The zero-order valence-electron chi connectivity index (χ0n) is 19.8. The Bertz CT molecular complexity index is 1240. The van der Waals surface area contributed by atoms with Crippen molar-refractivity contribution in [2.75, 3.05) is 13.1 Å². The number of nitrogens with zero attached hydrogens (tertiary/aromatic N) is 4. The fourth-order valence-electron chi connectivity index (χ4n) is 4.34. The van der Waals surface area contributed by atoms with Crippen LogP contribution in [0, 0.1) is 19.8 Å². The number of aliphatic imine (C=N–C) groups is 2. The molecule has 1 saturated carbocycles.